The SMILES string of the molecule is CC[C@H](N)c1c(OC)cc(C)cc1OC.Cl. The summed E-state index contributed by atoms with van der Waals surface area (Å²) in [6, 6.07) is 3.91. The molecule has 0 aromatic heterocycles. The minimum absolute atomic E-state index is 0. The van der Waals surface area contributed by atoms with E-state index >= 15 is 0 Å². The molecule has 1 rings (SSSR count). The van der Waals surface area contributed by atoms with Gasteiger partial charge in [0.2, 0.25) is 0 Å². The quantitative estimate of drug-likeness (QED) is 0.887. The zero-order chi connectivity index (χ0) is 11.4. The van der Waals surface area contributed by atoms with Crippen molar-refractivity contribution in [3.8, 4) is 11.5 Å². The lowest BCUT2D eigenvalue weighted by Gasteiger charge is -2.18. The van der Waals surface area contributed by atoms with Crippen LogP contribution in [0.3, 0.4) is 0 Å². The first-order valence-electron chi connectivity index (χ1n) is 5.12. The second-order valence-electron chi connectivity index (χ2n) is 3.60. The van der Waals surface area contributed by atoms with Gasteiger partial charge in [0.1, 0.15) is 11.5 Å². The molecular weight excluding hydrogens is 226 g/mol. The molecule has 16 heavy (non-hydrogen) atoms. The van der Waals surface area contributed by atoms with Gasteiger partial charge in [0, 0.05) is 6.04 Å². The normalized spacial score (nSPS) is 11.6. The van der Waals surface area contributed by atoms with Gasteiger partial charge in [-0.15, -0.1) is 12.4 Å². The summed E-state index contributed by atoms with van der Waals surface area (Å²) in [6.07, 6.45) is 0.857. The fourth-order valence-corrected chi connectivity index (χ4v) is 1.64. The Kier molecular flexibility index (Phi) is 6.22. The van der Waals surface area contributed by atoms with E-state index in [9.17, 15) is 0 Å². The van der Waals surface area contributed by atoms with Crippen molar-refractivity contribution < 1.29 is 9.47 Å². The van der Waals surface area contributed by atoms with Crippen LogP contribution in [0.15, 0.2) is 12.1 Å². The van der Waals surface area contributed by atoms with Gasteiger partial charge in [-0.2, -0.15) is 0 Å². The first kappa shape index (κ1) is 15.1. The maximum absolute atomic E-state index is 6.04. The van der Waals surface area contributed by atoms with Crippen LogP contribution >= 0.6 is 12.4 Å². The van der Waals surface area contributed by atoms with Crippen molar-refractivity contribution in [1.82, 2.24) is 0 Å². The van der Waals surface area contributed by atoms with Crippen molar-refractivity contribution in [2.45, 2.75) is 26.3 Å². The van der Waals surface area contributed by atoms with E-state index in [0.717, 1.165) is 29.0 Å². The van der Waals surface area contributed by atoms with E-state index in [1.807, 2.05) is 26.0 Å². The molecule has 1 aromatic carbocycles. The molecular formula is C12H20ClNO2. The maximum atomic E-state index is 6.04. The molecule has 92 valence electrons. The molecule has 0 spiro atoms. The molecule has 0 saturated carbocycles. The molecule has 0 aliphatic carbocycles. The fourth-order valence-electron chi connectivity index (χ4n) is 1.64. The molecule has 0 unspecified atom stereocenters. The van der Waals surface area contributed by atoms with Crippen LogP contribution in [0.5, 0.6) is 11.5 Å². The molecule has 4 heteroatoms. The summed E-state index contributed by atoms with van der Waals surface area (Å²) in [5, 5.41) is 0. The minimum Gasteiger partial charge on any atom is -0.496 e. The van der Waals surface area contributed by atoms with Gasteiger partial charge in [0.25, 0.3) is 0 Å². The van der Waals surface area contributed by atoms with Crippen molar-refractivity contribution in [1.29, 1.82) is 0 Å². The molecule has 0 aliphatic rings. The van der Waals surface area contributed by atoms with E-state index in [1.54, 1.807) is 14.2 Å². The highest BCUT2D eigenvalue weighted by Gasteiger charge is 2.16. The number of hydrogen-bond donors (Lipinski definition) is 1. The molecule has 0 fully saturated rings. The Balaban J connectivity index is 0.00000225. The molecule has 0 saturated heterocycles. The third-order valence-corrected chi connectivity index (χ3v) is 2.50. The van der Waals surface area contributed by atoms with Gasteiger partial charge in [-0.25, -0.2) is 0 Å². The number of halogens is 1. The topological polar surface area (TPSA) is 44.5 Å². The van der Waals surface area contributed by atoms with Crippen LogP contribution < -0.4 is 15.2 Å². The summed E-state index contributed by atoms with van der Waals surface area (Å²) in [5.41, 5.74) is 8.10. The van der Waals surface area contributed by atoms with Crippen molar-refractivity contribution in [3.63, 3.8) is 0 Å². The van der Waals surface area contributed by atoms with Gasteiger partial charge in [-0.1, -0.05) is 6.92 Å². The van der Waals surface area contributed by atoms with Gasteiger partial charge < -0.3 is 15.2 Å². The Morgan fingerprint density at radius 2 is 1.62 bits per heavy atom. The monoisotopic (exact) mass is 245 g/mol. The van der Waals surface area contributed by atoms with Gasteiger partial charge in [-0.3, -0.25) is 0 Å². The van der Waals surface area contributed by atoms with E-state index < -0.39 is 0 Å². The van der Waals surface area contributed by atoms with E-state index in [2.05, 4.69) is 0 Å². The number of hydrogen-bond acceptors (Lipinski definition) is 3. The van der Waals surface area contributed by atoms with Crippen LogP contribution in [-0.2, 0) is 0 Å². The summed E-state index contributed by atoms with van der Waals surface area (Å²) in [6.45, 7) is 4.05. The van der Waals surface area contributed by atoms with Crippen LogP contribution in [0.1, 0.15) is 30.5 Å². The summed E-state index contributed by atoms with van der Waals surface area (Å²) in [4.78, 5) is 0. The highest BCUT2D eigenvalue weighted by Crippen LogP contribution is 2.35. The zero-order valence-electron chi connectivity index (χ0n) is 10.2. The first-order chi connectivity index (χ1) is 7.13. The predicted molar refractivity (Wildman–Crippen MR) is 68.8 cm³/mol. The number of rotatable bonds is 4. The average molecular weight is 246 g/mol. The highest BCUT2D eigenvalue weighted by molar-refractivity contribution is 5.85. The molecule has 1 aromatic rings. The smallest absolute Gasteiger partial charge is 0.127 e. The fraction of sp³-hybridized carbons (Fsp3) is 0.500. The lowest BCUT2D eigenvalue weighted by molar-refractivity contribution is 0.377. The van der Waals surface area contributed by atoms with Gasteiger partial charge in [-0.05, 0) is 31.0 Å². The van der Waals surface area contributed by atoms with Crippen molar-refractivity contribution >= 4 is 12.4 Å². The average Bonchev–Trinajstić information content (AvgIpc) is 2.26. The van der Waals surface area contributed by atoms with Crippen LogP contribution in [0.25, 0.3) is 0 Å². The molecule has 1 atom stereocenters. The van der Waals surface area contributed by atoms with Crippen molar-refractivity contribution in [2.24, 2.45) is 5.73 Å². The van der Waals surface area contributed by atoms with Crippen molar-refractivity contribution in [2.75, 3.05) is 14.2 Å². The first-order valence-corrected chi connectivity index (χ1v) is 5.12. The zero-order valence-corrected chi connectivity index (χ0v) is 11.1. The summed E-state index contributed by atoms with van der Waals surface area (Å²) in [7, 11) is 3.31. The van der Waals surface area contributed by atoms with Crippen LogP contribution in [0.4, 0.5) is 0 Å². The standard InChI is InChI=1S/C12H19NO2.ClH/c1-5-9(13)12-10(14-3)6-8(2)7-11(12)15-4;/h6-7,9H,5,13H2,1-4H3;1H/t9-;/m0./s1. The Morgan fingerprint density at radius 1 is 1.19 bits per heavy atom. The third-order valence-electron chi connectivity index (χ3n) is 2.50. The molecule has 2 N–H and O–H groups in total. The predicted octanol–water partition coefficient (Wildman–Crippen LogP) is 2.84. The Bertz CT molecular complexity index is 317. The molecule has 0 amide bonds. The molecule has 0 radical (unpaired) electrons. The lowest BCUT2D eigenvalue weighted by atomic mass is 10.0. The Labute approximate surface area is 103 Å². The Hall–Kier alpha value is -0.930. The number of nitrogens with two attached hydrogens (primary N) is 1. The minimum atomic E-state index is -0.0458. The summed E-state index contributed by atoms with van der Waals surface area (Å²) >= 11 is 0. The molecule has 0 bridgehead atoms. The largest absolute Gasteiger partial charge is 0.496 e. The molecule has 0 heterocycles. The maximum Gasteiger partial charge on any atom is 0.127 e. The van der Waals surface area contributed by atoms with E-state index in [-0.39, 0.29) is 18.4 Å². The third kappa shape index (κ3) is 3.03. The summed E-state index contributed by atoms with van der Waals surface area (Å²) in [5.74, 6) is 1.61. The van der Waals surface area contributed by atoms with Crippen molar-refractivity contribution in [3.05, 3.63) is 23.3 Å². The van der Waals surface area contributed by atoms with E-state index in [4.69, 9.17) is 15.2 Å². The number of methoxy groups -OCH3 is 2. The van der Waals surface area contributed by atoms with Crippen LogP contribution in [0, 0.1) is 6.92 Å². The van der Waals surface area contributed by atoms with Crippen LogP contribution in [0.2, 0.25) is 0 Å². The van der Waals surface area contributed by atoms with E-state index in [0.29, 0.717) is 0 Å². The summed E-state index contributed by atoms with van der Waals surface area (Å²) < 4.78 is 10.7. The number of benzene rings is 1. The highest BCUT2D eigenvalue weighted by atomic mass is 35.5. The van der Waals surface area contributed by atoms with Gasteiger partial charge in [0.15, 0.2) is 0 Å². The van der Waals surface area contributed by atoms with Crippen LogP contribution in [-0.4, -0.2) is 14.2 Å². The number of ether oxygens (including phenoxy) is 2. The lowest BCUT2D eigenvalue weighted by Crippen LogP contribution is -2.12. The van der Waals surface area contributed by atoms with Gasteiger partial charge in [0.05, 0.1) is 19.8 Å². The second kappa shape index (κ2) is 6.61. The van der Waals surface area contributed by atoms with Gasteiger partial charge >= 0.3 is 0 Å². The molecule has 3 nitrogen and oxygen atoms in total. The Morgan fingerprint density at radius 3 is 1.94 bits per heavy atom. The molecule has 0 aliphatic heterocycles. The van der Waals surface area contributed by atoms with E-state index in [1.165, 1.54) is 0 Å². The second-order valence-corrected chi connectivity index (χ2v) is 3.60. The number of aryl methyl sites for hydroxylation is 1.